The number of hydrogen-bond acceptors (Lipinski definition) is 7. The van der Waals surface area contributed by atoms with Crippen LogP contribution >= 0.6 is 11.8 Å². The van der Waals surface area contributed by atoms with Crippen molar-refractivity contribution in [3.05, 3.63) is 82.1 Å². The van der Waals surface area contributed by atoms with Crippen LogP contribution in [-0.4, -0.2) is 61.8 Å². The van der Waals surface area contributed by atoms with Crippen LogP contribution in [0, 0.1) is 5.92 Å². The highest BCUT2D eigenvalue weighted by Crippen LogP contribution is 2.14. The van der Waals surface area contributed by atoms with E-state index in [4.69, 9.17) is 15.0 Å². The van der Waals surface area contributed by atoms with Crippen LogP contribution in [0.25, 0.3) is 22.6 Å². The van der Waals surface area contributed by atoms with Gasteiger partial charge in [0.25, 0.3) is 5.91 Å². The van der Waals surface area contributed by atoms with Crippen molar-refractivity contribution in [1.82, 2.24) is 15.6 Å². The topological polar surface area (TPSA) is 138 Å². The van der Waals surface area contributed by atoms with Crippen LogP contribution < -0.4 is 10.6 Å². The summed E-state index contributed by atoms with van der Waals surface area (Å²) in [6, 6.07) is 10.3. The van der Waals surface area contributed by atoms with Gasteiger partial charge < -0.3 is 20.1 Å². The zero-order valence-electron chi connectivity index (χ0n) is 21.7. The van der Waals surface area contributed by atoms with Crippen LogP contribution in [0.15, 0.2) is 65.7 Å². The molecule has 1 atom stereocenters. The molecule has 0 fully saturated rings. The van der Waals surface area contributed by atoms with E-state index in [-0.39, 0.29) is 11.6 Å². The molecule has 2 amide bonds. The van der Waals surface area contributed by atoms with Gasteiger partial charge in [-0.2, -0.15) is 11.8 Å². The SMILES string of the molecule is COCC(C)COCCCSCCNC(=O)/C(=C\c1cccnc1)NC(=O)/C=C/c1ccc(N=[N+]=[N-])cc1. The van der Waals surface area contributed by atoms with E-state index in [0.717, 1.165) is 23.5 Å². The van der Waals surface area contributed by atoms with Gasteiger partial charge in [0.1, 0.15) is 5.70 Å². The van der Waals surface area contributed by atoms with Crippen molar-refractivity contribution in [1.29, 1.82) is 0 Å². The van der Waals surface area contributed by atoms with E-state index in [0.29, 0.717) is 43.5 Å². The van der Waals surface area contributed by atoms with Gasteiger partial charge in [0.05, 0.1) is 13.2 Å². The molecule has 1 aromatic carbocycles. The monoisotopic (exact) mass is 538 g/mol. The second-order valence-electron chi connectivity index (χ2n) is 8.31. The molecular formula is C27H34N6O4S. The van der Waals surface area contributed by atoms with Crippen LogP contribution in [0.4, 0.5) is 5.69 Å². The summed E-state index contributed by atoms with van der Waals surface area (Å²) in [6.07, 6.45) is 8.69. The molecule has 2 aromatic rings. The van der Waals surface area contributed by atoms with Crippen molar-refractivity contribution in [2.24, 2.45) is 11.0 Å². The molecule has 0 saturated carbocycles. The third-order valence-corrected chi connectivity index (χ3v) is 6.01. The Balaban J connectivity index is 1.83. The van der Waals surface area contributed by atoms with Crippen LogP contribution in [0.5, 0.6) is 0 Å². The lowest BCUT2D eigenvalue weighted by Gasteiger charge is -2.11. The van der Waals surface area contributed by atoms with Crippen molar-refractivity contribution in [3.63, 3.8) is 0 Å². The Hall–Kier alpha value is -3.63. The molecule has 2 N–H and O–H groups in total. The van der Waals surface area contributed by atoms with E-state index < -0.39 is 5.91 Å². The molecule has 0 spiro atoms. The Labute approximate surface area is 227 Å². The summed E-state index contributed by atoms with van der Waals surface area (Å²) in [5, 5.41) is 9.03. The number of nitrogens with zero attached hydrogens (tertiary/aromatic N) is 4. The summed E-state index contributed by atoms with van der Waals surface area (Å²) in [7, 11) is 1.69. The predicted octanol–water partition coefficient (Wildman–Crippen LogP) is 4.73. The van der Waals surface area contributed by atoms with Gasteiger partial charge in [0, 0.05) is 61.0 Å². The Kier molecular flexibility index (Phi) is 15.0. The molecule has 10 nitrogen and oxygen atoms in total. The first-order chi connectivity index (χ1) is 18.5. The number of methoxy groups -OCH3 is 1. The molecule has 1 heterocycles. The van der Waals surface area contributed by atoms with Gasteiger partial charge in [-0.15, -0.1) is 0 Å². The number of aromatic nitrogens is 1. The fraction of sp³-hybridized carbons (Fsp3) is 0.370. The fourth-order valence-corrected chi connectivity index (χ4v) is 3.92. The van der Waals surface area contributed by atoms with E-state index in [2.05, 4.69) is 32.6 Å². The number of rotatable bonds is 17. The summed E-state index contributed by atoms with van der Waals surface area (Å²) < 4.78 is 10.7. The van der Waals surface area contributed by atoms with Crippen LogP contribution in [-0.2, 0) is 19.1 Å². The maximum Gasteiger partial charge on any atom is 0.267 e. The van der Waals surface area contributed by atoms with Gasteiger partial charge in [0.2, 0.25) is 5.91 Å². The molecule has 11 heteroatoms. The highest BCUT2D eigenvalue weighted by Gasteiger charge is 2.12. The lowest BCUT2D eigenvalue weighted by atomic mass is 10.2. The Morgan fingerprint density at radius 2 is 2.00 bits per heavy atom. The van der Waals surface area contributed by atoms with Gasteiger partial charge in [-0.05, 0) is 47.1 Å². The third-order valence-electron chi connectivity index (χ3n) is 4.94. The van der Waals surface area contributed by atoms with E-state index in [1.165, 1.54) is 6.08 Å². The molecule has 0 radical (unpaired) electrons. The Morgan fingerprint density at radius 3 is 2.71 bits per heavy atom. The molecule has 0 bridgehead atoms. The summed E-state index contributed by atoms with van der Waals surface area (Å²) in [5.41, 5.74) is 10.5. The second-order valence-corrected chi connectivity index (χ2v) is 9.53. The second kappa shape index (κ2) is 18.6. The largest absolute Gasteiger partial charge is 0.384 e. The molecule has 2 rings (SSSR count). The molecule has 0 aliphatic carbocycles. The molecule has 38 heavy (non-hydrogen) atoms. The number of hydrogen-bond donors (Lipinski definition) is 2. The van der Waals surface area contributed by atoms with Crippen LogP contribution in [0.1, 0.15) is 24.5 Å². The lowest BCUT2D eigenvalue weighted by molar-refractivity contribution is -0.121. The number of azide groups is 1. The quantitative estimate of drug-likeness (QED) is 0.0981. The number of benzene rings is 1. The fourth-order valence-electron chi connectivity index (χ4n) is 3.15. The van der Waals surface area contributed by atoms with Gasteiger partial charge >= 0.3 is 0 Å². The number of carbonyl (C=O) groups is 2. The molecule has 202 valence electrons. The lowest BCUT2D eigenvalue weighted by Crippen LogP contribution is -2.35. The van der Waals surface area contributed by atoms with Crippen molar-refractivity contribution in [3.8, 4) is 0 Å². The number of ether oxygens (including phenoxy) is 2. The minimum Gasteiger partial charge on any atom is -0.384 e. The number of nitrogens with one attached hydrogen (secondary N) is 2. The first-order valence-corrected chi connectivity index (χ1v) is 13.4. The average Bonchev–Trinajstić information content (AvgIpc) is 2.92. The van der Waals surface area contributed by atoms with Gasteiger partial charge in [-0.25, -0.2) is 0 Å². The number of thioether (sulfide) groups is 1. The Bertz CT molecular complexity index is 1100. The van der Waals surface area contributed by atoms with Crippen LogP contribution in [0.3, 0.4) is 0 Å². The Morgan fingerprint density at radius 1 is 1.18 bits per heavy atom. The van der Waals surface area contributed by atoms with Crippen molar-refractivity contribution < 1.29 is 19.1 Å². The first-order valence-electron chi connectivity index (χ1n) is 12.2. The van der Waals surface area contributed by atoms with E-state index in [9.17, 15) is 9.59 Å². The van der Waals surface area contributed by atoms with Gasteiger partial charge in [-0.1, -0.05) is 42.4 Å². The summed E-state index contributed by atoms with van der Waals surface area (Å²) >= 11 is 1.73. The van der Waals surface area contributed by atoms with Crippen molar-refractivity contribution >= 4 is 41.4 Å². The summed E-state index contributed by atoms with van der Waals surface area (Å²) in [5.74, 6) is 1.21. The average molecular weight is 539 g/mol. The van der Waals surface area contributed by atoms with E-state index >= 15 is 0 Å². The summed E-state index contributed by atoms with van der Waals surface area (Å²) in [6.45, 7) is 4.62. The zero-order chi connectivity index (χ0) is 27.4. The highest BCUT2D eigenvalue weighted by atomic mass is 32.2. The molecule has 0 saturated heterocycles. The van der Waals surface area contributed by atoms with Gasteiger partial charge in [0.15, 0.2) is 0 Å². The normalized spacial score (nSPS) is 12.1. The van der Waals surface area contributed by atoms with Gasteiger partial charge in [-0.3, -0.25) is 14.6 Å². The molecule has 1 unspecified atom stereocenters. The standard InChI is InChI=1S/C27H34N6O4S/c1-21(19-36-2)20-37-14-4-15-38-16-13-30-27(35)25(17-23-5-3-12-29-18-23)31-26(34)11-8-22-6-9-24(10-7-22)32-33-28/h3,5-12,17-18,21H,4,13-16,19-20H2,1-2H3,(H,30,35)(H,31,34)/b11-8+,25-17+. The van der Waals surface area contributed by atoms with Crippen molar-refractivity contribution in [2.75, 3.05) is 45.0 Å². The van der Waals surface area contributed by atoms with E-state index in [1.807, 2.05) is 0 Å². The highest BCUT2D eigenvalue weighted by molar-refractivity contribution is 7.99. The smallest absolute Gasteiger partial charge is 0.267 e. The molecule has 0 aliphatic heterocycles. The number of amides is 2. The molecule has 1 aromatic heterocycles. The molecular weight excluding hydrogens is 504 g/mol. The van der Waals surface area contributed by atoms with Crippen LogP contribution in [0.2, 0.25) is 0 Å². The molecule has 0 aliphatic rings. The third kappa shape index (κ3) is 13.1. The maximum atomic E-state index is 12.8. The van der Waals surface area contributed by atoms with Crippen molar-refractivity contribution in [2.45, 2.75) is 13.3 Å². The minimum absolute atomic E-state index is 0.120. The summed E-state index contributed by atoms with van der Waals surface area (Å²) in [4.78, 5) is 32.2. The van der Waals surface area contributed by atoms with E-state index in [1.54, 1.807) is 79.8 Å². The first kappa shape index (κ1) is 30.6. The maximum absolute atomic E-state index is 12.8. The number of pyridine rings is 1. The predicted molar refractivity (Wildman–Crippen MR) is 151 cm³/mol. The minimum atomic E-state index is -0.455. The zero-order valence-corrected chi connectivity index (χ0v) is 22.5. The number of carbonyl (C=O) groups excluding carboxylic acids is 2.